The molecule has 15 heavy (non-hydrogen) atoms. The predicted molar refractivity (Wildman–Crippen MR) is 52.1 cm³/mol. The summed E-state index contributed by atoms with van der Waals surface area (Å²) in [5.41, 5.74) is 0. The van der Waals surface area contributed by atoms with Crippen molar-refractivity contribution in [3.05, 3.63) is 26.2 Å². The largest absolute Gasteiger partial charge is 0.349 e. The van der Waals surface area contributed by atoms with Crippen molar-refractivity contribution in [2.75, 3.05) is 13.2 Å². The van der Waals surface area contributed by atoms with E-state index >= 15 is 0 Å². The lowest BCUT2D eigenvalue weighted by Gasteiger charge is -2.01. The molecule has 82 valence electrons. The van der Waals surface area contributed by atoms with Gasteiger partial charge in [0.15, 0.2) is 0 Å². The second-order valence-electron chi connectivity index (χ2n) is 2.56. The number of aromatic nitrogens is 1. The Labute approximate surface area is 89.2 Å². The van der Waals surface area contributed by atoms with Crippen molar-refractivity contribution in [1.82, 2.24) is 10.3 Å². The standard InChI is InChI=1S/C7H9N3O4S/c1-5-9-4-6(15-5)7(11)8-2-3-14-10(12)13/h4H,2-3H2,1H3,(H,8,11). The second kappa shape index (κ2) is 5.25. The Balaban J connectivity index is 2.28. The molecule has 1 heterocycles. The Morgan fingerprint density at radius 1 is 1.80 bits per heavy atom. The molecule has 0 aliphatic carbocycles. The van der Waals surface area contributed by atoms with Gasteiger partial charge in [-0.2, -0.15) is 0 Å². The minimum Gasteiger partial charge on any atom is -0.349 e. The van der Waals surface area contributed by atoms with E-state index in [0.29, 0.717) is 4.88 Å². The molecule has 0 aliphatic rings. The lowest BCUT2D eigenvalue weighted by molar-refractivity contribution is -0.757. The number of thiazole rings is 1. The van der Waals surface area contributed by atoms with Crippen LogP contribution in [0.2, 0.25) is 0 Å². The van der Waals surface area contributed by atoms with Gasteiger partial charge in [0.05, 0.1) is 11.2 Å². The third-order valence-corrected chi connectivity index (χ3v) is 2.34. The summed E-state index contributed by atoms with van der Waals surface area (Å²) in [5, 5.41) is 12.1. The van der Waals surface area contributed by atoms with Crippen LogP contribution >= 0.6 is 11.3 Å². The first-order chi connectivity index (χ1) is 7.09. The minimum atomic E-state index is -0.900. The third-order valence-electron chi connectivity index (χ3n) is 1.43. The average Bonchev–Trinajstić information content (AvgIpc) is 2.59. The van der Waals surface area contributed by atoms with Gasteiger partial charge in [-0.05, 0) is 6.92 Å². The maximum atomic E-state index is 11.3. The molecule has 1 aromatic rings. The zero-order valence-corrected chi connectivity index (χ0v) is 8.74. The van der Waals surface area contributed by atoms with E-state index in [4.69, 9.17) is 0 Å². The molecular formula is C7H9N3O4S. The van der Waals surface area contributed by atoms with Gasteiger partial charge in [-0.1, -0.05) is 0 Å². The quantitative estimate of drug-likeness (QED) is 0.449. The van der Waals surface area contributed by atoms with Crippen LogP contribution < -0.4 is 5.32 Å². The summed E-state index contributed by atoms with van der Waals surface area (Å²) in [5.74, 6) is -0.299. The molecule has 0 radical (unpaired) electrons. The van der Waals surface area contributed by atoms with Gasteiger partial charge in [0.25, 0.3) is 11.0 Å². The molecule has 1 aromatic heterocycles. The summed E-state index contributed by atoms with van der Waals surface area (Å²) in [6, 6.07) is 0. The van der Waals surface area contributed by atoms with Crippen molar-refractivity contribution in [3.63, 3.8) is 0 Å². The fraction of sp³-hybridized carbons (Fsp3) is 0.429. The maximum absolute atomic E-state index is 11.3. The molecule has 0 aliphatic heterocycles. The Bertz CT molecular complexity index is 365. The van der Waals surface area contributed by atoms with Crippen LogP contribution in [0, 0.1) is 17.0 Å². The molecule has 0 unspecified atom stereocenters. The van der Waals surface area contributed by atoms with E-state index in [0.717, 1.165) is 5.01 Å². The van der Waals surface area contributed by atoms with Gasteiger partial charge in [-0.3, -0.25) is 4.79 Å². The summed E-state index contributed by atoms with van der Waals surface area (Å²) in [6.07, 6.45) is 1.46. The molecule has 1 amide bonds. The summed E-state index contributed by atoms with van der Waals surface area (Å²) in [6.45, 7) is 1.73. The van der Waals surface area contributed by atoms with Crippen LogP contribution in [0.5, 0.6) is 0 Å². The molecule has 0 bridgehead atoms. The third kappa shape index (κ3) is 3.90. The number of nitrogens with one attached hydrogen (secondary N) is 1. The van der Waals surface area contributed by atoms with Gasteiger partial charge < -0.3 is 10.2 Å². The number of carbonyl (C=O) groups is 1. The van der Waals surface area contributed by atoms with E-state index in [1.807, 2.05) is 0 Å². The van der Waals surface area contributed by atoms with Crippen molar-refractivity contribution in [1.29, 1.82) is 0 Å². The predicted octanol–water partition coefficient (Wildman–Crippen LogP) is 0.390. The highest BCUT2D eigenvalue weighted by Gasteiger charge is 2.07. The summed E-state index contributed by atoms with van der Waals surface area (Å²) < 4.78 is 0. The smallest absolute Gasteiger partial charge is 0.294 e. The molecule has 1 rings (SSSR count). The van der Waals surface area contributed by atoms with Crippen LogP contribution in [0.25, 0.3) is 0 Å². The molecule has 1 N–H and O–H groups in total. The number of nitrogens with zero attached hydrogens (tertiary/aromatic N) is 2. The molecule has 0 atom stereocenters. The topological polar surface area (TPSA) is 94.4 Å². The van der Waals surface area contributed by atoms with Gasteiger partial charge in [0.1, 0.15) is 11.5 Å². The molecule has 7 nitrogen and oxygen atoms in total. The van der Waals surface area contributed by atoms with E-state index in [-0.39, 0.29) is 19.1 Å². The molecule has 0 spiro atoms. The highest BCUT2D eigenvalue weighted by Crippen LogP contribution is 2.10. The van der Waals surface area contributed by atoms with Crippen LogP contribution in [0.15, 0.2) is 6.20 Å². The molecule has 8 heteroatoms. The average molecular weight is 231 g/mol. The van der Waals surface area contributed by atoms with Crippen LogP contribution in [0.3, 0.4) is 0 Å². The van der Waals surface area contributed by atoms with Crippen LogP contribution in [0.4, 0.5) is 0 Å². The number of hydrogen-bond donors (Lipinski definition) is 1. The fourth-order valence-electron chi connectivity index (χ4n) is 0.838. The van der Waals surface area contributed by atoms with Crippen molar-refractivity contribution in [2.24, 2.45) is 0 Å². The molecular weight excluding hydrogens is 222 g/mol. The number of hydrogen-bond acceptors (Lipinski definition) is 6. The normalized spacial score (nSPS) is 9.67. The summed E-state index contributed by atoms with van der Waals surface area (Å²) >= 11 is 1.26. The van der Waals surface area contributed by atoms with Crippen LogP contribution in [-0.4, -0.2) is 29.1 Å². The second-order valence-corrected chi connectivity index (χ2v) is 3.79. The zero-order chi connectivity index (χ0) is 11.3. The van der Waals surface area contributed by atoms with Gasteiger partial charge in [0.2, 0.25) is 0 Å². The maximum Gasteiger partial charge on any atom is 0.294 e. The van der Waals surface area contributed by atoms with Crippen LogP contribution in [-0.2, 0) is 4.84 Å². The number of amides is 1. The van der Waals surface area contributed by atoms with Crippen molar-refractivity contribution >= 4 is 17.2 Å². The first kappa shape index (κ1) is 11.4. The highest BCUT2D eigenvalue weighted by atomic mass is 32.1. The monoisotopic (exact) mass is 231 g/mol. The van der Waals surface area contributed by atoms with Crippen molar-refractivity contribution in [2.45, 2.75) is 6.92 Å². The van der Waals surface area contributed by atoms with Gasteiger partial charge in [-0.25, -0.2) is 4.98 Å². The first-order valence-electron chi connectivity index (χ1n) is 4.07. The summed E-state index contributed by atoms with van der Waals surface area (Å²) in [7, 11) is 0. The lowest BCUT2D eigenvalue weighted by atomic mass is 10.5. The molecule has 0 fully saturated rings. The van der Waals surface area contributed by atoms with Crippen LogP contribution in [0.1, 0.15) is 14.7 Å². The van der Waals surface area contributed by atoms with E-state index in [9.17, 15) is 14.9 Å². The van der Waals surface area contributed by atoms with E-state index in [1.165, 1.54) is 17.5 Å². The first-order valence-corrected chi connectivity index (χ1v) is 4.89. The number of rotatable bonds is 5. The fourth-order valence-corrected chi connectivity index (χ4v) is 1.53. The highest BCUT2D eigenvalue weighted by molar-refractivity contribution is 7.13. The Morgan fingerprint density at radius 2 is 2.53 bits per heavy atom. The van der Waals surface area contributed by atoms with Gasteiger partial charge in [-0.15, -0.1) is 21.5 Å². The lowest BCUT2D eigenvalue weighted by Crippen LogP contribution is -2.27. The number of carbonyl (C=O) groups excluding carboxylic acids is 1. The molecule has 0 aromatic carbocycles. The Morgan fingerprint density at radius 3 is 3.07 bits per heavy atom. The Hall–Kier alpha value is -1.70. The van der Waals surface area contributed by atoms with Crippen molar-refractivity contribution < 1.29 is 14.7 Å². The number of aryl methyl sites for hydroxylation is 1. The summed E-state index contributed by atoms with van der Waals surface area (Å²) in [4.78, 5) is 29.5. The van der Waals surface area contributed by atoms with E-state index < -0.39 is 5.09 Å². The SMILES string of the molecule is Cc1ncc(C(=O)NCCO[N+](=O)[O-])s1. The van der Waals surface area contributed by atoms with Crippen molar-refractivity contribution in [3.8, 4) is 0 Å². The van der Waals surface area contributed by atoms with E-state index in [1.54, 1.807) is 6.92 Å². The zero-order valence-electron chi connectivity index (χ0n) is 7.93. The van der Waals surface area contributed by atoms with Gasteiger partial charge in [0, 0.05) is 6.54 Å². The Kier molecular flexibility index (Phi) is 3.98. The van der Waals surface area contributed by atoms with E-state index in [2.05, 4.69) is 15.1 Å². The molecule has 0 saturated heterocycles. The van der Waals surface area contributed by atoms with Gasteiger partial charge >= 0.3 is 0 Å². The molecule has 0 saturated carbocycles. The minimum absolute atomic E-state index is 0.0940.